The third kappa shape index (κ3) is 7.23. The second-order valence-electron chi connectivity index (χ2n) is 11.6. The highest BCUT2D eigenvalue weighted by Gasteiger charge is 2.38. The summed E-state index contributed by atoms with van der Waals surface area (Å²) in [5, 5.41) is 37.1. The summed E-state index contributed by atoms with van der Waals surface area (Å²) >= 11 is 2.54. The molecule has 1 aromatic heterocycles. The molecule has 0 radical (unpaired) electrons. The monoisotopic (exact) mass is 735 g/mol. The van der Waals surface area contributed by atoms with Crippen molar-refractivity contribution in [3.63, 3.8) is 0 Å². The van der Waals surface area contributed by atoms with Gasteiger partial charge in [0.25, 0.3) is 0 Å². The van der Waals surface area contributed by atoms with Crippen LogP contribution in [0.25, 0.3) is 0 Å². The summed E-state index contributed by atoms with van der Waals surface area (Å²) in [6, 6.07) is 39.4. The van der Waals surface area contributed by atoms with E-state index in [-0.39, 0.29) is 22.7 Å². The van der Waals surface area contributed by atoms with Crippen molar-refractivity contribution in [3.05, 3.63) is 154 Å². The molecule has 0 amide bonds. The lowest BCUT2D eigenvalue weighted by atomic mass is 10.1. The zero-order valence-electron chi connectivity index (χ0n) is 28.9. The van der Waals surface area contributed by atoms with Gasteiger partial charge in [0, 0.05) is 32.6 Å². The molecule has 0 fully saturated rings. The number of benzene rings is 4. The van der Waals surface area contributed by atoms with E-state index in [1.165, 1.54) is 33.2 Å². The van der Waals surface area contributed by atoms with Gasteiger partial charge >= 0.3 is 11.5 Å². The van der Waals surface area contributed by atoms with Crippen molar-refractivity contribution in [1.82, 2.24) is 30.7 Å². The molecule has 4 aromatic carbocycles. The zero-order valence-corrected chi connectivity index (χ0v) is 31.4. The lowest BCUT2D eigenvalue weighted by Crippen LogP contribution is -2.54. The van der Waals surface area contributed by atoms with E-state index >= 15 is 0 Å². The molecular weight excluding hydrogens is 698 g/mol. The van der Waals surface area contributed by atoms with Crippen LogP contribution in [0, 0.1) is 13.8 Å². The van der Waals surface area contributed by atoms with Gasteiger partial charge in [0.1, 0.15) is 5.69 Å². The van der Waals surface area contributed by atoms with Crippen LogP contribution in [0.3, 0.4) is 0 Å². The fourth-order valence-corrected chi connectivity index (χ4v) is 10.8. The first-order valence-corrected chi connectivity index (χ1v) is 20.3. The van der Waals surface area contributed by atoms with Gasteiger partial charge in [-0.25, -0.2) is 4.33 Å². The Hall–Kier alpha value is -5.10. The SMILES string of the molecule is CSC1=NNC(C)=C([O-])N1N/C(=N\n1c(SC)nnc(C)c1=O)[N+](Cc1ccc(C)cc1)=P(c1ccccc1)(c1ccccc1)c1ccccc1. The summed E-state index contributed by atoms with van der Waals surface area (Å²) in [6.07, 6.45) is 3.65. The molecule has 0 saturated heterocycles. The van der Waals surface area contributed by atoms with Crippen LogP contribution in [-0.4, -0.2) is 47.8 Å². The second-order valence-corrected chi connectivity index (χ2v) is 16.4. The predicted molar refractivity (Wildman–Crippen MR) is 208 cm³/mol. The van der Waals surface area contributed by atoms with Crippen molar-refractivity contribution in [3.8, 4) is 0 Å². The Morgan fingerprint density at radius 3 is 1.88 bits per heavy atom. The number of guanidine groups is 1. The van der Waals surface area contributed by atoms with Crippen LogP contribution in [0.5, 0.6) is 0 Å². The molecule has 0 saturated carbocycles. The Labute approximate surface area is 305 Å². The normalized spacial score (nSPS) is 13.5. The molecule has 0 spiro atoms. The van der Waals surface area contributed by atoms with Gasteiger partial charge in [-0.2, -0.15) is 10.4 Å². The third-order valence-corrected chi connectivity index (χ3v) is 13.7. The van der Waals surface area contributed by atoms with E-state index < -0.39 is 12.6 Å². The minimum Gasteiger partial charge on any atom is -0.856 e. The summed E-state index contributed by atoms with van der Waals surface area (Å²) in [4.78, 5) is 13.9. The van der Waals surface area contributed by atoms with Crippen molar-refractivity contribution in [2.75, 3.05) is 12.5 Å². The summed E-state index contributed by atoms with van der Waals surface area (Å²) in [7, 11) is -2.94. The number of rotatable bonds is 8. The van der Waals surface area contributed by atoms with Crippen LogP contribution in [0.1, 0.15) is 23.7 Å². The van der Waals surface area contributed by atoms with E-state index in [9.17, 15) is 9.90 Å². The standard InChI is InChI=1S/C37H38N9O2PS2/c1-26-21-23-29(24-22-26)25-44(49(30-15-9-6-10-16-30,31-17-11-7-12-18-31)32-19-13-8-14-20-32)35(42-45-33(47)27(2)38-40-36(45)50-4)43-46-34(48)28(3)39-41-37(46)51-5/h6-24H,25H2,1-5H3,(H2-,38,39,42,43,47,48). The van der Waals surface area contributed by atoms with Crippen molar-refractivity contribution >= 4 is 57.6 Å². The lowest BCUT2D eigenvalue weighted by Gasteiger charge is -2.35. The maximum absolute atomic E-state index is 13.9. The summed E-state index contributed by atoms with van der Waals surface area (Å²) in [5.74, 6) is -0.114. The number of aromatic nitrogens is 3. The molecule has 0 aliphatic carbocycles. The molecule has 1 aliphatic heterocycles. The Balaban J connectivity index is 1.85. The van der Waals surface area contributed by atoms with Gasteiger partial charge in [0.15, 0.2) is 0 Å². The largest absolute Gasteiger partial charge is 0.856 e. The van der Waals surface area contributed by atoms with E-state index in [1.54, 1.807) is 13.8 Å². The minimum atomic E-state index is -2.94. The number of hydrogen-bond donors (Lipinski definition) is 2. The van der Waals surface area contributed by atoms with E-state index in [0.29, 0.717) is 17.4 Å². The van der Waals surface area contributed by atoms with Crippen molar-refractivity contribution in [1.29, 1.82) is 0 Å². The fraction of sp³-hybridized carbons (Fsp3) is 0.162. The molecule has 6 rings (SSSR count). The smallest absolute Gasteiger partial charge is 0.434 e. The molecule has 14 heteroatoms. The maximum atomic E-state index is 13.9. The lowest BCUT2D eigenvalue weighted by molar-refractivity contribution is -0.412. The minimum absolute atomic E-state index is 0.185. The molecule has 2 heterocycles. The number of nitrogens with zero attached hydrogens (tertiary/aromatic N) is 7. The molecule has 260 valence electrons. The average molecular weight is 736 g/mol. The molecule has 2 N–H and O–H groups in total. The maximum Gasteiger partial charge on any atom is 0.434 e. The van der Waals surface area contributed by atoms with E-state index in [2.05, 4.69) is 98.1 Å². The molecule has 11 nitrogen and oxygen atoms in total. The molecule has 5 aromatic rings. The number of allylic oxidation sites excluding steroid dienone is 1. The van der Waals surface area contributed by atoms with Gasteiger partial charge in [-0.15, -0.1) is 20.0 Å². The quantitative estimate of drug-likeness (QED) is 0.105. The molecule has 0 bridgehead atoms. The van der Waals surface area contributed by atoms with Gasteiger partial charge < -0.3 is 5.11 Å². The summed E-state index contributed by atoms with van der Waals surface area (Å²) in [5.41, 5.74) is 8.42. The summed E-state index contributed by atoms with van der Waals surface area (Å²) in [6.45, 7) is 5.67. The Bertz CT molecular complexity index is 2120. The Morgan fingerprint density at radius 1 is 0.824 bits per heavy atom. The van der Waals surface area contributed by atoms with E-state index in [1.807, 2.05) is 67.1 Å². The number of hydrazine groups is 1. The first kappa shape index (κ1) is 35.7. The number of hydrazone groups is 1. The van der Waals surface area contributed by atoms with Crippen molar-refractivity contribution < 1.29 is 9.43 Å². The number of hydrogen-bond acceptors (Lipinski definition) is 10. The van der Waals surface area contributed by atoms with Crippen LogP contribution in [0.2, 0.25) is 0 Å². The highest BCUT2D eigenvalue weighted by molar-refractivity contribution is 8.13. The Morgan fingerprint density at radius 2 is 1.37 bits per heavy atom. The number of aryl methyl sites for hydroxylation is 2. The Kier molecular flexibility index (Phi) is 11.1. The first-order chi connectivity index (χ1) is 24.8. The van der Waals surface area contributed by atoms with Crippen LogP contribution in [0.4, 0.5) is 0 Å². The van der Waals surface area contributed by atoms with Gasteiger partial charge in [0.2, 0.25) is 10.3 Å². The van der Waals surface area contributed by atoms with Gasteiger partial charge in [-0.1, -0.05) is 144 Å². The number of amidine groups is 1. The highest BCUT2D eigenvalue weighted by atomic mass is 32.2. The second kappa shape index (κ2) is 15.8. The summed E-state index contributed by atoms with van der Waals surface area (Å²) < 4.78 is 3.47. The van der Waals surface area contributed by atoms with Crippen molar-refractivity contribution in [2.24, 2.45) is 10.2 Å². The molecular formula is C37H38N9O2PS2. The van der Waals surface area contributed by atoms with Gasteiger partial charge in [0.05, 0.1) is 13.6 Å². The topological polar surface area (TPSA) is 126 Å². The number of thioether (sulfide) groups is 2. The van der Waals surface area contributed by atoms with Crippen LogP contribution < -0.4 is 37.4 Å². The van der Waals surface area contributed by atoms with Crippen molar-refractivity contribution in [2.45, 2.75) is 32.5 Å². The van der Waals surface area contributed by atoms with E-state index in [4.69, 9.17) is 5.10 Å². The van der Waals surface area contributed by atoms with Crippen LogP contribution in [-0.2, 0) is 6.54 Å². The van der Waals surface area contributed by atoms with Crippen LogP contribution in [0.15, 0.2) is 147 Å². The molecule has 0 atom stereocenters. The molecule has 1 aliphatic rings. The molecule has 0 unspecified atom stereocenters. The van der Waals surface area contributed by atoms with E-state index in [0.717, 1.165) is 27.0 Å². The third-order valence-electron chi connectivity index (χ3n) is 8.22. The average Bonchev–Trinajstić information content (AvgIpc) is 3.17. The van der Waals surface area contributed by atoms with Crippen LogP contribution >= 0.6 is 30.6 Å². The predicted octanol–water partition coefficient (Wildman–Crippen LogP) is 4.08. The first-order valence-electron chi connectivity index (χ1n) is 16.1. The number of nitrogens with one attached hydrogen (secondary N) is 2. The van der Waals surface area contributed by atoms with Gasteiger partial charge in [-0.3, -0.25) is 10.2 Å². The fourth-order valence-electron chi connectivity index (χ4n) is 5.69. The zero-order chi connectivity index (χ0) is 36.0. The highest BCUT2D eigenvalue weighted by Crippen LogP contribution is 2.46. The van der Waals surface area contributed by atoms with Gasteiger partial charge in [-0.05, 0) is 38.8 Å². The molecule has 51 heavy (non-hydrogen) atoms.